The van der Waals surface area contributed by atoms with Crippen LogP contribution in [0.2, 0.25) is 0 Å². The quantitative estimate of drug-likeness (QED) is 0.0942. The molecule has 0 aliphatic heterocycles. The average Bonchev–Trinajstić information content (AvgIpc) is 2.65. The van der Waals surface area contributed by atoms with Crippen molar-refractivity contribution in [2.24, 2.45) is 5.11 Å². The molecular formula is C16H25N5O6. The highest BCUT2D eigenvalue weighted by Gasteiger charge is 2.22. The number of carbonyl (C=O) groups is 3. The number of hydrogen-bond acceptors (Lipinski definition) is 7. The van der Waals surface area contributed by atoms with Gasteiger partial charge in [0.1, 0.15) is 6.04 Å². The molecule has 0 saturated heterocycles. The lowest BCUT2D eigenvalue weighted by molar-refractivity contribution is -0.145. The third-order valence-corrected chi connectivity index (χ3v) is 3.04. The highest BCUT2D eigenvalue weighted by atomic mass is 16.6. The standard InChI is InChI=1S/C16H25N5O6/c1-3-11-26-16(24)20-13(14(22)25-4-2)8-5-6-9-18-15(23)27-12-7-10-19-21-17/h1,13H,4-12H2,2H3,(H,18,23)(H,20,24)/t13-/m1/s1. The fourth-order valence-corrected chi connectivity index (χ4v) is 1.84. The molecule has 0 radical (unpaired) electrons. The first-order valence-corrected chi connectivity index (χ1v) is 8.50. The predicted octanol–water partition coefficient (Wildman–Crippen LogP) is 1.87. The van der Waals surface area contributed by atoms with Crippen LogP contribution in [0.5, 0.6) is 0 Å². The third-order valence-electron chi connectivity index (χ3n) is 3.04. The van der Waals surface area contributed by atoms with Crippen molar-refractivity contribution in [3.05, 3.63) is 10.4 Å². The number of azide groups is 1. The van der Waals surface area contributed by atoms with Gasteiger partial charge in [-0.05, 0) is 38.1 Å². The van der Waals surface area contributed by atoms with Crippen molar-refractivity contribution in [3.63, 3.8) is 0 Å². The lowest BCUT2D eigenvalue weighted by Gasteiger charge is -2.16. The van der Waals surface area contributed by atoms with Gasteiger partial charge in [0.2, 0.25) is 0 Å². The molecular weight excluding hydrogens is 358 g/mol. The number of rotatable bonds is 13. The number of esters is 1. The largest absolute Gasteiger partial charge is 0.464 e. The molecule has 0 aromatic heterocycles. The van der Waals surface area contributed by atoms with Gasteiger partial charge in [-0.15, -0.1) is 6.42 Å². The van der Waals surface area contributed by atoms with E-state index in [-0.39, 0.29) is 26.4 Å². The van der Waals surface area contributed by atoms with E-state index in [4.69, 9.17) is 21.4 Å². The van der Waals surface area contributed by atoms with Crippen molar-refractivity contribution in [2.45, 2.75) is 38.6 Å². The van der Waals surface area contributed by atoms with Gasteiger partial charge >= 0.3 is 18.2 Å². The van der Waals surface area contributed by atoms with Crippen LogP contribution in [0.1, 0.15) is 32.6 Å². The van der Waals surface area contributed by atoms with Crippen LogP contribution in [0, 0.1) is 12.3 Å². The Morgan fingerprint density at radius 3 is 2.63 bits per heavy atom. The lowest BCUT2D eigenvalue weighted by Crippen LogP contribution is -2.42. The van der Waals surface area contributed by atoms with Crippen molar-refractivity contribution >= 4 is 18.2 Å². The fraction of sp³-hybridized carbons (Fsp3) is 0.688. The topological polar surface area (TPSA) is 152 Å². The van der Waals surface area contributed by atoms with Gasteiger partial charge in [0.15, 0.2) is 6.61 Å². The Kier molecular flexibility index (Phi) is 14.5. The van der Waals surface area contributed by atoms with Gasteiger partial charge in [-0.25, -0.2) is 14.4 Å². The van der Waals surface area contributed by atoms with Gasteiger partial charge in [0.25, 0.3) is 0 Å². The van der Waals surface area contributed by atoms with E-state index in [1.165, 1.54) is 0 Å². The summed E-state index contributed by atoms with van der Waals surface area (Å²) in [5.74, 6) is 1.58. The van der Waals surface area contributed by atoms with Gasteiger partial charge in [0, 0.05) is 18.0 Å². The summed E-state index contributed by atoms with van der Waals surface area (Å²) in [4.78, 5) is 37.4. The molecule has 0 unspecified atom stereocenters. The van der Waals surface area contributed by atoms with Crippen LogP contribution in [0.4, 0.5) is 9.59 Å². The number of hydrogen-bond donors (Lipinski definition) is 2. The van der Waals surface area contributed by atoms with Gasteiger partial charge in [0.05, 0.1) is 13.2 Å². The number of nitrogens with zero attached hydrogens (tertiary/aromatic N) is 3. The Hall–Kier alpha value is -3.12. The first-order chi connectivity index (χ1) is 13.0. The van der Waals surface area contributed by atoms with Crippen LogP contribution in [0.25, 0.3) is 10.4 Å². The highest BCUT2D eigenvalue weighted by Crippen LogP contribution is 2.04. The highest BCUT2D eigenvalue weighted by molar-refractivity contribution is 5.81. The summed E-state index contributed by atoms with van der Waals surface area (Å²) in [6.45, 7) is 2.40. The fourth-order valence-electron chi connectivity index (χ4n) is 1.84. The first-order valence-electron chi connectivity index (χ1n) is 8.50. The van der Waals surface area contributed by atoms with E-state index in [1.807, 2.05) is 0 Å². The van der Waals surface area contributed by atoms with Gasteiger partial charge in [-0.2, -0.15) is 0 Å². The average molecular weight is 383 g/mol. The normalized spacial score (nSPS) is 10.5. The van der Waals surface area contributed by atoms with Gasteiger partial charge < -0.3 is 24.8 Å². The maximum Gasteiger partial charge on any atom is 0.408 e. The smallest absolute Gasteiger partial charge is 0.408 e. The minimum absolute atomic E-state index is 0.152. The molecule has 1 atom stereocenters. The molecule has 0 heterocycles. The maximum absolute atomic E-state index is 11.9. The Morgan fingerprint density at radius 2 is 1.96 bits per heavy atom. The van der Waals surface area contributed by atoms with Crippen LogP contribution < -0.4 is 10.6 Å². The molecule has 0 bridgehead atoms. The molecule has 0 aliphatic carbocycles. The van der Waals surface area contributed by atoms with Gasteiger partial charge in [-0.3, -0.25) is 0 Å². The lowest BCUT2D eigenvalue weighted by atomic mass is 10.1. The summed E-state index contributed by atoms with van der Waals surface area (Å²) < 4.78 is 14.5. The van der Waals surface area contributed by atoms with Crippen molar-refractivity contribution < 1.29 is 28.6 Å². The number of terminal acetylenes is 1. The molecule has 11 heteroatoms. The van der Waals surface area contributed by atoms with Crippen molar-refractivity contribution in [2.75, 3.05) is 32.9 Å². The minimum atomic E-state index is -0.858. The molecule has 0 aromatic rings. The summed E-state index contributed by atoms with van der Waals surface area (Å²) in [7, 11) is 0. The van der Waals surface area contributed by atoms with Crippen molar-refractivity contribution in [3.8, 4) is 12.3 Å². The second-order valence-corrected chi connectivity index (χ2v) is 5.10. The van der Waals surface area contributed by atoms with E-state index in [2.05, 4.69) is 31.3 Å². The number of amides is 2. The Bertz CT molecular complexity index is 556. The monoisotopic (exact) mass is 383 g/mol. The molecule has 0 saturated carbocycles. The summed E-state index contributed by atoms with van der Waals surface area (Å²) in [5.41, 5.74) is 8.10. The molecule has 2 N–H and O–H groups in total. The first kappa shape index (κ1) is 23.9. The zero-order chi connectivity index (χ0) is 20.3. The summed E-state index contributed by atoms with van der Waals surface area (Å²) >= 11 is 0. The molecule has 150 valence electrons. The second kappa shape index (κ2) is 16.4. The van der Waals surface area contributed by atoms with E-state index in [0.29, 0.717) is 32.2 Å². The molecule has 27 heavy (non-hydrogen) atoms. The van der Waals surface area contributed by atoms with Crippen LogP contribution in [0.15, 0.2) is 5.11 Å². The number of carbonyl (C=O) groups excluding carboxylic acids is 3. The zero-order valence-electron chi connectivity index (χ0n) is 15.3. The zero-order valence-corrected chi connectivity index (χ0v) is 15.3. The Balaban J connectivity index is 4.05. The summed E-state index contributed by atoms with van der Waals surface area (Å²) in [6.07, 6.45) is 5.48. The second-order valence-electron chi connectivity index (χ2n) is 5.10. The molecule has 0 rings (SSSR count). The van der Waals surface area contributed by atoms with Crippen LogP contribution >= 0.6 is 0 Å². The van der Waals surface area contributed by atoms with Crippen LogP contribution in [-0.4, -0.2) is 57.1 Å². The van der Waals surface area contributed by atoms with Crippen molar-refractivity contribution in [1.82, 2.24) is 10.6 Å². The Morgan fingerprint density at radius 1 is 1.19 bits per heavy atom. The summed E-state index contributed by atoms with van der Waals surface area (Å²) in [6, 6.07) is -0.858. The minimum Gasteiger partial charge on any atom is -0.464 e. The molecule has 2 amide bonds. The van der Waals surface area contributed by atoms with Gasteiger partial charge in [-0.1, -0.05) is 11.0 Å². The molecule has 0 aromatic carbocycles. The number of alkyl carbamates (subject to hydrolysis) is 2. The van der Waals surface area contributed by atoms with Crippen LogP contribution in [-0.2, 0) is 19.0 Å². The predicted molar refractivity (Wildman–Crippen MR) is 95.6 cm³/mol. The van der Waals surface area contributed by atoms with Crippen LogP contribution in [0.3, 0.4) is 0 Å². The number of nitrogens with one attached hydrogen (secondary N) is 2. The number of ether oxygens (including phenoxy) is 3. The van der Waals surface area contributed by atoms with Crippen molar-refractivity contribution in [1.29, 1.82) is 0 Å². The molecule has 0 spiro atoms. The maximum atomic E-state index is 11.9. The third kappa shape index (κ3) is 13.8. The number of unbranched alkanes of at least 4 members (excludes halogenated alkanes) is 1. The van der Waals surface area contributed by atoms with E-state index >= 15 is 0 Å². The molecule has 11 nitrogen and oxygen atoms in total. The van der Waals surface area contributed by atoms with E-state index < -0.39 is 24.2 Å². The molecule has 0 aliphatic rings. The summed E-state index contributed by atoms with van der Waals surface area (Å²) in [5, 5.41) is 8.28. The van der Waals surface area contributed by atoms with E-state index in [1.54, 1.807) is 6.92 Å². The Labute approximate surface area is 157 Å². The molecule has 0 fully saturated rings. The van der Waals surface area contributed by atoms with E-state index in [0.717, 1.165) is 0 Å². The SMILES string of the molecule is C#CCOC(=O)N[C@H](CCCCNC(=O)OCCCN=[N+]=[N-])C(=O)OCC. The van der Waals surface area contributed by atoms with E-state index in [9.17, 15) is 14.4 Å².